The van der Waals surface area contributed by atoms with E-state index in [-0.39, 0.29) is 45.6 Å². The third-order valence-electron chi connectivity index (χ3n) is 7.37. The van der Waals surface area contributed by atoms with Gasteiger partial charge in [0.2, 0.25) is 23.6 Å². The van der Waals surface area contributed by atoms with Crippen molar-refractivity contribution < 1.29 is 34.1 Å². The minimum atomic E-state index is -1.96. The Morgan fingerprint density at radius 2 is 1.04 bits per heavy atom. The summed E-state index contributed by atoms with van der Waals surface area (Å²) >= 11 is 12.3. The van der Waals surface area contributed by atoms with Crippen molar-refractivity contribution in [2.45, 2.75) is 37.5 Å². The SMILES string of the molecule is O=C(C[C@H](O)C(=O)N[C@@H](Cc1ccccc1)C(=O)Nc1ccc([N+](=O)[O-])cc1Cl)NC(Cc1ccccc1)C(=O)Nc1ccc([N+](=O)[O-])cc1Cl. The van der Waals surface area contributed by atoms with Crippen molar-refractivity contribution in [3.8, 4) is 0 Å². The lowest BCUT2D eigenvalue weighted by Gasteiger charge is -2.22. The maximum atomic E-state index is 13.3. The molecule has 4 aromatic rings. The van der Waals surface area contributed by atoms with Gasteiger partial charge in [0.15, 0.2) is 0 Å². The smallest absolute Gasteiger partial charge is 0.271 e. The molecule has 17 heteroatoms. The Morgan fingerprint density at radius 3 is 1.43 bits per heavy atom. The molecule has 1 unspecified atom stereocenters. The van der Waals surface area contributed by atoms with Gasteiger partial charge in [-0.3, -0.25) is 39.4 Å². The first-order chi connectivity index (χ1) is 24.3. The number of aliphatic hydroxyl groups excluding tert-OH is 1. The number of anilines is 2. The molecule has 0 spiro atoms. The molecule has 264 valence electrons. The number of benzene rings is 4. The molecule has 15 nitrogen and oxygen atoms in total. The van der Waals surface area contributed by atoms with Gasteiger partial charge in [-0.15, -0.1) is 0 Å². The Kier molecular flexibility index (Phi) is 13.1. The molecular weight excluding hydrogens is 707 g/mol. The van der Waals surface area contributed by atoms with Gasteiger partial charge in [-0.05, 0) is 23.3 Å². The largest absolute Gasteiger partial charge is 0.383 e. The molecular formula is C34H30Cl2N6O9. The maximum Gasteiger partial charge on any atom is 0.271 e. The van der Waals surface area contributed by atoms with Gasteiger partial charge in [-0.2, -0.15) is 0 Å². The Labute approximate surface area is 300 Å². The first-order valence-electron chi connectivity index (χ1n) is 15.2. The molecule has 0 heterocycles. The number of nitro groups is 2. The Balaban J connectivity index is 1.45. The highest BCUT2D eigenvalue weighted by Crippen LogP contribution is 2.28. The van der Waals surface area contributed by atoms with E-state index in [1.165, 1.54) is 12.1 Å². The second kappa shape index (κ2) is 17.7. The van der Waals surface area contributed by atoms with E-state index in [9.17, 15) is 44.5 Å². The molecule has 0 bridgehead atoms. The van der Waals surface area contributed by atoms with Crippen LogP contribution in [0.2, 0.25) is 10.0 Å². The second-order valence-corrected chi connectivity index (χ2v) is 11.9. The second-order valence-electron chi connectivity index (χ2n) is 11.1. The Morgan fingerprint density at radius 1 is 0.627 bits per heavy atom. The molecule has 0 saturated carbocycles. The Bertz CT molecular complexity index is 1930. The number of carbonyl (C=O) groups excluding carboxylic acids is 4. The van der Waals surface area contributed by atoms with Gasteiger partial charge in [0, 0.05) is 37.1 Å². The van der Waals surface area contributed by atoms with Gasteiger partial charge in [-0.1, -0.05) is 83.9 Å². The average Bonchev–Trinajstić information content (AvgIpc) is 3.10. The number of rotatable bonds is 15. The molecule has 0 aliphatic carbocycles. The van der Waals surface area contributed by atoms with Crippen LogP contribution >= 0.6 is 23.2 Å². The lowest BCUT2D eigenvalue weighted by Crippen LogP contribution is -2.50. The molecule has 4 rings (SSSR count). The fraction of sp³-hybridized carbons (Fsp3) is 0.176. The van der Waals surface area contributed by atoms with E-state index in [0.717, 1.165) is 24.3 Å². The van der Waals surface area contributed by atoms with E-state index < -0.39 is 58.1 Å². The molecule has 51 heavy (non-hydrogen) atoms. The van der Waals surface area contributed by atoms with Gasteiger partial charge in [0.1, 0.15) is 18.2 Å². The number of aliphatic hydroxyl groups is 1. The predicted molar refractivity (Wildman–Crippen MR) is 188 cm³/mol. The topological polar surface area (TPSA) is 223 Å². The third-order valence-corrected chi connectivity index (χ3v) is 8.00. The number of halogens is 2. The van der Waals surface area contributed by atoms with Crippen LogP contribution in [0.4, 0.5) is 22.7 Å². The third kappa shape index (κ3) is 11.1. The van der Waals surface area contributed by atoms with E-state index in [4.69, 9.17) is 23.2 Å². The van der Waals surface area contributed by atoms with Crippen LogP contribution in [0.5, 0.6) is 0 Å². The van der Waals surface area contributed by atoms with Crippen molar-refractivity contribution in [2.24, 2.45) is 0 Å². The van der Waals surface area contributed by atoms with E-state index in [2.05, 4.69) is 21.3 Å². The van der Waals surface area contributed by atoms with E-state index in [1.54, 1.807) is 60.7 Å². The molecule has 0 aliphatic heterocycles. The summed E-state index contributed by atoms with van der Waals surface area (Å²) in [5.74, 6) is -3.45. The molecule has 4 aromatic carbocycles. The van der Waals surface area contributed by atoms with Crippen molar-refractivity contribution in [1.29, 1.82) is 0 Å². The quantitative estimate of drug-likeness (QED) is 0.0849. The highest BCUT2D eigenvalue weighted by atomic mass is 35.5. The van der Waals surface area contributed by atoms with Crippen molar-refractivity contribution >= 4 is 69.6 Å². The monoisotopic (exact) mass is 736 g/mol. The zero-order valence-corrected chi connectivity index (χ0v) is 28.0. The molecule has 0 aromatic heterocycles. The number of carbonyl (C=O) groups is 4. The molecule has 5 N–H and O–H groups in total. The van der Waals surface area contributed by atoms with Crippen LogP contribution in [-0.2, 0) is 32.0 Å². The van der Waals surface area contributed by atoms with Crippen LogP contribution in [0.25, 0.3) is 0 Å². The molecule has 3 atom stereocenters. The van der Waals surface area contributed by atoms with Crippen molar-refractivity contribution in [3.05, 3.63) is 138 Å². The van der Waals surface area contributed by atoms with Crippen molar-refractivity contribution in [1.82, 2.24) is 10.6 Å². The van der Waals surface area contributed by atoms with E-state index in [1.807, 2.05) is 0 Å². The minimum absolute atomic E-state index is 0.00414. The maximum absolute atomic E-state index is 13.3. The summed E-state index contributed by atoms with van der Waals surface area (Å²) in [7, 11) is 0. The number of non-ortho nitro benzene ring substituents is 2. The van der Waals surface area contributed by atoms with Crippen LogP contribution < -0.4 is 21.3 Å². The number of hydrogen-bond donors (Lipinski definition) is 5. The molecule has 0 fully saturated rings. The van der Waals surface area contributed by atoms with Crippen LogP contribution in [-0.4, -0.2) is 56.8 Å². The van der Waals surface area contributed by atoms with Crippen LogP contribution in [0, 0.1) is 20.2 Å². The van der Waals surface area contributed by atoms with Gasteiger partial charge in [0.25, 0.3) is 11.4 Å². The van der Waals surface area contributed by atoms with E-state index in [0.29, 0.717) is 11.1 Å². The zero-order chi connectivity index (χ0) is 37.1. The zero-order valence-electron chi connectivity index (χ0n) is 26.5. The first kappa shape index (κ1) is 37.9. The van der Waals surface area contributed by atoms with Gasteiger partial charge >= 0.3 is 0 Å². The summed E-state index contributed by atoms with van der Waals surface area (Å²) in [6.07, 6.45) is -2.79. The summed E-state index contributed by atoms with van der Waals surface area (Å²) in [5, 5.41) is 42.6. The summed E-state index contributed by atoms with van der Waals surface area (Å²) in [5.41, 5.74) is 0.802. The first-order valence-corrected chi connectivity index (χ1v) is 15.9. The summed E-state index contributed by atoms with van der Waals surface area (Å²) < 4.78 is 0. The fourth-order valence-corrected chi connectivity index (χ4v) is 5.23. The number of nitrogens with zero attached hydrogens (tertiary/aromatic N) is 2. The van der Waals surface area contributed by atoms with Gasteiger partial charge in [-0.25, -0.2) is 0 Å². The molecule has 0 radical (unpaired) electrons. The fourth-order valence-electron chi connectivity index (χ4n) is 4.79. The molecule has 0 saturated heterocycles. The standard InChI is InChI=1S/C34H30Cl2N6O9/c35-24-17-22(41(48)49)11-13-26(24)38-32(45)28(15-20-7-3-1-4-8-20)37-31(44)19-30(43)34(47)40-29(16-21-9-5-2-6-10-21)33(46)39-27-14-12-23(42(50)51)18-25(27)36/h1-14,17-18,28-30,43H,15-16,19H2,(H,37,44)(H,38,45)(H,39,46)(H,40,47)/t28?,29-,30-/m0/s1. The van der Waals surface area contributed by atoms with Gasteiger partial charge in [0.05, 0.1) is 37.7 Å². The van der Waals surface area contributed by atoms with Crippen molar-refractivity contribution in [3.63, 3.8) is 0 Å². The van der Waals surface area contributed by atoms with Crippen LogP contribution in [0.1, 0.15) is 17.5 Å². The summed E-state index contributed by atoms with van der Waals surface area (Å²) in [6, 6.07) is 21.6. The number of hydrogen-bond acceptors (Lipinski definition) is 9. The van der Waals surface area contributed by atoms with Crippen LogP contribution in [0.15, 0.2) is 97.1 Å². The molecule has 4 amide bonds. The predicted octanol–water partition coefficient (Wildman–Crippen LogP) is 4.59. The lowest BCUT2D eigenvalue weighted by atomic mass is 10.0. The normalized spacial score (nSPS) is 12.5. The highest BCUT2D eigenvalue weighted by Gasteiger charge is 2.29. The van der Waals surface area contributed by atoms with Crippen LogP contribution in [0.3, 0.4) is 0 Å². The lowest BCUT2D eigenvalue weighted by molar-refractivity contribution is -0.385. The number of nitro benzene ring substituents is 2. The number of amides is 4. The Hall–Kier alpha value is -5.90. The highest BCUT2D eigenvalue weighted by molar-refractivity contribution is 6.34. The number of nitrogens with one attached hydrogen (secondary N) is 4. The molecule has 0 aliphatic rings. The van der Waals surface area contributed by atoms with Gasteiger partial charge < -0.3 is 26.4 Å². The average molecular weight is 738 g/mol. The van der Waals surface area contributed by atoms with E-state index >= 15 is 0 Å². The summed E-state index contributed by atoms with van der Waals surface area (Å²) in [4.78, 5) is 73.7. The van der Waals surface area contributed by atoms with Crippen molar-refractivity contribution in [2.75, 3.05) is 10.6 Å². The minimum Gasteiger partial charge on any atom is -0.383 e. The summed E-state index contributed by atoms with van der Waals surface area (Å²) in [6.45, 7) is 0.